The Bertz CT molecular complexity index is 1640. The molecule has 2 aromatic heterocycles. The minimum absolute atomic E-state index is 0.368. The summed E-state index contributed by atoms with van der Waals surface area (Å²) in [6, 6.07) is 15.4. The summed E-state index contributed by atoms with van der Waals surface area (Å²) in [7, 11) is -3.84. The van der Waals surface area contributed by atoms with Gasteiger partial charge in [-0.3, -0.25) is 4.79 Å². The van der Waals surface area contributed by atoms with E-state index >= 15 is 0 Å². The second kappa shape index (κ2) is 8.60. The van der Waals surface area contributed by atoms with Gasteiger partial charge in [0, 0.05) is 54.4 Å². The summed E-state index contributed by atoms with van der Waals surface area (Å²) in [5.41, 5.74) is 1.82. The molecule has 7 nitrogen and oxygen atoms in total. The third kappa shape index (κ3) is 3.57. The Balaban J connectivity index is 1.27. The predicted octanol–water partition coefficient (Wildman–Crippen LogP) is 4.67. The van der Waals surface area contributed by atoms with Crippen molar-refractivity contribution in [2.75, 3.05) is 31.1 Å². The molecule has 0 radical (unpaired) electrons. The summed E-state index contributed by atoms with van der Waals surface area (Å²) >= 11 is 1.52. The summed E-state index contributed by atoms with van der Waals surface area (Å²) in [6.07, 6.45) is 8.37. The summed E-state index contributed by atoms with van der Waals surface area (Å²) in [5.74, 6) is 1.03. The minimum atomic E-state index is -3.84. The first-order valence-corrected chi connectivity index (χ1v) is 14.2. The molecular formula is C27H26N4O3S2. The van der Waals surface area contributed by atoms with Crippen LogP contribution in [-0.4, -0.2) is 58.9 Å². The molecule has 1 saturated heterocycles. The standard InChI is InChI=1S/C27H26N4O3S2/c1-27(36(33,34)31-18-20(19-32)22-8-2-4-10-24(22)31)12-6-7-21(17-27)29-13-15-30(16-14-29)26-23-9-3-5-11-25(23)35-28-26/h2-11,17-19H,12-16H2,1H3. The van der Waals surface area contributed by atoms with Crippen molar-refractivity contribution in [3.8, 4) is 0 Å². The number of aldehydes is 1. The number of allylic oxidation sites excluding steroid dienone is 2. The lowest BCUT2D eigenvalue weighted by Crippen LogP contribution is -2.47. The summed E-state index contributed by atoms with van der Waals surface area (Å²) in [4.78, 5) is 16.2. The van der Waals surface area contributed by atoms with Crippen LogP contribution >= 0.6 is 11.5 Å². The Hall–Kier alpha value is -3.43. The first kappa shape index (κ1) is 23.0. The van der Waals surface area contributed by atoms with Gasteiger partial charge in [0.15, 0.2) is 6.29 Å². The number of benzene rings is 2. The number of hydrogen-bond acceptors (Lipinski definition) is 7. The number of anilines is 1. The molecule has 0 N–H and O–H groups in total. The van der Waals surface area contributed by atoms with Gasteiger partial charge in [0.1, 0.15) is 10.6 Å². The number of aromatic nitrogens is 2. The molecule has 2 aromatic carbocycles. The number of fused-ring (bicyclic) bond motifs is 2. The third-order valence-corrected chi connectivity index (χ3v) is 10.4. The topological polar surface area (TPSA) is 75.5 Å². The zero-order chi connectivity index (χ0) is 24.9. The highest BCUT2D eigenvalue weighted by Crippen LogP contribution is 2.36. The fraction of sp³-hybridized carbons (Fsp3) is 0.259. The molecule has 3 heterocycles. The highest BCUT2D eigenvalue weighted by Gasteiger charge is 2.41. The van der Waals surface area contributed by atoms with Crippen molar-refractivity contribution in [3.63, 3.8) is 0 Å². The molecule has 1 unspecified atom stereocenters. The van der Waals surface area contributed by atoms with Gasteiger partial charge >= 0.3 is 0 Å². The van der Waals surface area contributed by atoms with E-state index in [0.29, 0.717) is 29.2 Å². The van der Waals surface area contributed by atoms with Gasteiger partial charge < -0.3 is 9.80 Å². The van der Waals surface area contributed by atoms with Gasteiger partial charge in [0.2, 0.25) is 10.0 Å². The quantitative estimate of drug-likeness (QED) is 0.358. The maximum Gasteiger partial charge on any atom is 0.248 e. The van der Waals surface area contributed by atoms with E-state index in [-0.39, 0.29) is 0 Å². The Morgan fingerprint density at radius 1 is 0.972 bits per heavy atom. The highest BCUT2D eigenvalue weighted by atomic mass is 32.2. The predicted molar refractivity (Wildman–Crippen MR) is 145 cm³/mol. The van der Waals surface area contributed by atoms with Gasteiger partial charge in [-0.1, -0.05) is 36.4 Å². The molecule has 36 heavy (non-hydrogen) atoms. The number of rotatable bonds is 5. The van der Waals surface area contributed by atoms with Crippen LogP contribution in [0.15, 0.2) is 78.7 Å². The maximum atomic E-state index is 13.9. The van der Waals surface area contributed by atoms with E-state index in [4.69, 9.17) is 4.37 Å². The summed E-state index contributed by atoms with van der Waals surface area (Å²) in [6.45, 7) is 4.94. The fourth-order valence-corrected chi connectivity index (χ4v) is 7.67. The van der Waals surface area contributed by atoms with Gasteiger partial charge in [-0.05, 0) is 55.2 Å². The number of hydrogen-bond donors (Lipinski definition) is 0. The summed E-state index contributed by atoms with van der Waals surface area (Å²) in [5, 5.41) is 1.82. The Morgan fingerprint density at radius 2 is 1.67 bits per heavy atom. The van der Waals surface area contributed by atoms with Crippen molar-refractivity contribution < 1.29 is 13.2 Å². The normalized spacial score (nSPS) is 20.8. The molecule has 0 amide bonds. The first-order chi connectivity index (χ1) is 17.4. The number of para-hydroxylation sites is 1. The van der Waals surface area contributed by atoms with E-state index in [2.05, 4.69) is 21.9 Å². The zero-order valence-corrected chi connectivity index (χ0v) is 21.5. The van der Waals surface area contributed by atoms with Crippen molar-refractivity contribution in [2.24, 2.45) is 0 Å². The van der Waals surface area contributed by atoms with Crippen LogP contribution in [0, 0.1) is 0 Å². The van der Waals surface area contributed by atoms with Crippen molar-refractivity contribution in [1.82, 2.24) is 13.2 Å². The minimum Gasteiger partial charge on any atom is -0.368 e. The van der Waals surface area contributed by atoms with Crippen molar-refractivity contribution in [1.29, 1.82) is 0 Å². The van der Waals surface area contributed by atoms with E-state index in [9.17, 15) is 13.2 Å². The van der Waals surface area contributed by atoms with Crippen molar-refractivity contribution in [2.45, 2.75) is 18.1 Å². The highest BCUT2D eigenvalue weighted by molar-refractivity contribution is 7.91. The Morgan fingerprint density at radius 3 is 2.44 bits per heavy atom. The van der Waals surface area contributed by atoms with Crippen LogP contribution in [0.25, 0.3) is 21.0 Å². The van der Waals surface area contributed by atoms with E-state index in [1.165, 1.54) is 31.8 Å². The van der Waals surface area contributed by atoms with Crippen LogP contribution < -0.4 is 4.90 Å². The number of carbonyl (C=O) groups excluding carboxylic acids is 1. The van der Waals surface area contributed by atoms with Gasteiger partial charge in [0.25, 0.3) is 0 Å². The molecule has 2 aliphatic rings. The smallest absolute Gasteiger partial charge is 0.248 e. The lowest BCUT2D eigenvalue weighted by Gasteiger charge is -2.39. The second-order valence-corrected chi connectivity index (χ2v) is 12.6. The van der Waals surface area contributed by atoms with Gasteiger partial charge in [-0.15, -0.1) is 0 Å². The largest absolute Gasteiger partial charge is 0.368 e. The third-order valence-electron chi connectivity index (χ3n) is 7.25. The molecule has 0 bridgehead atoms. The molecule has 184 valence electrons. The monoisotopic (exact) mass is 518 g/mol. The average molecular weight is 519 g/mol. The van der Waals surface area contributed by atoms with E-state index in [1.807, 2.05) is 36.4 Å². The van der Waals surface area contributed by atoms with Gasteiger partial charge in [-0.25, -0.2) is 12.4 Å². The van der Waals surface area contributed by atoms with Crippen LogP contribution in [0.3, 0.4) is 0 Å². The molecular weight excluding hydrogens is 492 g/mol. The van der Waals surface area contributed by atoms with E-state index in [0.717, 1.165) is 37.7 Å². The summed E-state index contributed by atoms with van der Waals surface area (Å²) < 4.78 is 33.9. The number of carbonyl (C=O) groups is 1. The van der Waals surface area contributed by atoms with E-state index in [1.54, 1.807) is 25.1 Å². The Kier molecular flexibility index (Phi) is 5.49. The molecule has 1 aliphatic heterocycles. The van der Waals surface area contributed by atoms with Crippen LogP contribution in [0.2, 0.25) is 0 Å². The molecule has 9 heteroatoms. The fourth-order valence-electron chi connectivity index (χ4n) is 5.18. The molecule has 0 saturated carbocycles. The molecule has 0 spiro atoms. The Labute approximate surface area is 214 Å². The van der Waals surface area contributed by atoms with Gasteiger partial charge in [-0.2, -0.15) is 4.37 Å². The first-order valence-electron chi connectivity index (χ1n) is 12.0. The van der Waals surface area contributed by atoms with Crippen LogP contribution in [0.1, 0.15) is 23.7 Å². The van der Waals surface area contributed by atoms with Crippen LogP contribution in [0.5, 0.6) is 0 Å². The average Bonchev–Trinajstić information content (AvgIpc) is 3.51. The van der Waals surface area contributed by atoms with E-state index < -0.39 is 14.8 Å². The molecule has 6 rings (SSSR count). The lowest BCUT2D eigenvalue weighted by molar-refractivity contribution is 0.112. The number of nitrogens with zero attached hydrogens (tertiary/aromatic N) is 4. The van der Waals surface area contributed by atoms with Crippen LogP contribution in [0.4, 0.5) is 5.82 Å². The maximum absolute atomic E-state index is 13.9. The molecule has 4 aromatic rings. The lowest BCUT2D eigenvalue weighted by atomic mass is 9.99. The van der Waals surface area contributed by atoms with Crippen LogP contribution in [-0.2, 0) is 10.0 Å². The van der Waals surface area contributed by atoms with Crippen molar-refractivity contribution >= 4 is 54.6 Å². The molecule has 1 aliphatic carbocycles. The van der Waals surface area contributed by atoms with Gasteiger partial charge in [0.05, 0.1) is 10.2 Å². The molecule has 1 fully saturated rings. The molecule has 1 atom stereocenters. The van der Waals surface area contributed by atoms with Crippen molar-refractivity contribution in [3.05, 3.63) is 84.2 Å². The zero-order valence-electron chi connectivity index (χ0n) is 19.9. The second-order valence-electron chi connectivity index (χ2n) is 9.49. The number of piperazine rings is 1. The SMILES string of the molecule is CC1(S(=O)(=O)n2cc(C=O)c3ccccc32)C=C(N2CCN(c3nsc4ccccc34)CC2)C=CC1.